The van der Waals surface area contributed by atoms with Gasteiger partial charge in [0.1, 0.15) is 5.52 Å². The summed E-state index contributed by atoms with van der Waals surface area (Å²) in [4.78, 5) is 26.3. The van der Waals surface area contributed by atoms with Crippen LogP contribution in [0.2, 0.25) is 0 Å². The van der Waals surface area contributed by atoms with Gasteiger partial charge in [0.05, 0.1) is 12.1 Å². The van der Waals surface area contributed by atoms with E-state index in [1.807, 2.05) is 51.1 Å². The largest absolute Gasteiger partial charge is 0.339 e. The van der Waals surface area contributed by atoms with E-state index in [4.69, 9.17) is 0 Å². The maximum absolute atomic E-state index is 12.5. The third-order valence-corrected chi connectivity index (χ3v) is 4.70. The van der Waals surface area contributed by atoms with Gasteiger partial charge in [-0.3, -0.25) is 4.79 Å². The number of rotatable bonds is 7. The van der Waals surface area contributed by atoms with Crippen LogP contribution in [0.25, 0.3) is 11.0 Å². The number of amides is 3. The van der Waals surface area contributed by atoms with Gasteiger partial charge in [-0.2, -0.15) is 0 Å². The Hall–Kier alpha value is -3.42. The Morgan fingerprint density at radius 2 is 1.90 bits per heavy atom. The number of aromatic nitrogens is 3. The van der Waals surface area contributed by atoms with E-state index < -0.39 is 0 Å². The van der Waals surface area contributed by atoms with Crippen LogP contribution in [0.3, 0.4) is 0 Å². The molecule has 0 atom stereocenters. The molecule has 0 bridgehead atoms. The van der Waals surface area contributed by atoms with Gasteiger partial charge in [0.2, 0.25) is 0 Å². The van der Waals surface area contributed by atoms with Crippen LogP contribution in [-0.4, -0.2) is 51.5 Å². The van der Waals surface area contributed by atoms with Gasteiger partial charge >= 0.3 is 6.03 Å². The number of nitrogens with zero attached hydrogens (tertiary/aromatic N) is 4. The van der Waals surface area contributed by atoms with Crippen molar-refractivity contribution in [3.63, 3.8) is 0 Å². The number of hydrogen-bond donors (Lipinski definition) is 2. The van der Waals surface area contributed by atoms with Gasteiger partial charge in [0.15, 0.2) is 0 Å². The number of benzene rings is 2. The lowest BCUT2D eigenvalue weighted by atomic mass is 10.1. The van der Waals surface area contributed by atoms with E-state index >= 15 is 0 Å². The minimum Gasteiger partial charge on any atom is -0.339 e. The molecule has 1 heterocycles. The summed E-state index contributed by atoms with van der Waals surface area (Å²) in [6.07, 6.45) is 0. The number of urea groups is 1. The number of anilines is 1. The minimum atomic E-state index is -0.271. The van der Waals surface area contributed by atoms with E-state index in [0.29, 0.717) is 37.3 Å². The predicted molar refractivity (Wildman–Crippen MR) is 113 cm³/mol. The molecule has 0 aliphatic carbocycles. The zero-order valence-corrected chi connectivity index (χ0v) is 17.0. The molecular weight excluding hydrogens is 368 g/mol. The Labute approximate surface area is 169 Å². The molecule has 3 aromatic rings. The fourth-order valence-electron chi connectivity index (χ4n) is 3.14. The molecule has 1 aromatic heterocycles. The normalized spacial score (nSPS) is 10.7. The van der Waals surface area contributed by atoms with Gasteiger partial charge in [-0.15, -0.1) is 5.10 Å². The third-order valence-electron chi connectivity index (χ3n) is 4.70. The summed E-state index contributed by atoms with van der Waals surface area (Å²) in [5, 5.41) is 13.9. The summed E-state index contributed by atoms with van der Waals surface area (Å²) in [7, 11) is 0. The Balaban J connectivity index is 1.59. The third kappa shape index (κ3) is 4.90. The number of fused-ring (bicyclic) bond motifs is 1. The van der Waals surface area contributed by atoms with Crippen LogP contribution in [-0.2, 0) is 6.54 Å². The van der Waals surface area contributed by atoms with Crippen molar-refractivity contribution in [3.05, 3.63) is 53.6 Å². The smallest absolute Gasteiger partial charge is 0.319 e. The molecule has 2 aromatic carbocycles. The molecule has 152 valence electrons. The molecule has 0 spiro atoms. The van der Waals surface area contributed by atoms with Crippen LogP contribution in [0.4, 0.5) is 10.5 Å². The maximum atomic E-state index is 12.5. The van der Waals surface area contributed by atoms with E-state index in [0.717, 1.165) is 16.8 Å². The highest BCUT2D eigenvalue weighted by atomic mass is 16.2. The summed E-state index contributed by atoms with van der Waals surface area (Å²) < 4.78 is 1.72. The molecule has 0 unspecified atom stereocenters. The molecule has 3 amide bonds. The standard InChI is InChI=1S/C21H26N6O2/c1-4-26(5-2)20(28)16-9-10-19-18(14-16)24-25-27(19)12-11-22-21(29)23-17-8-6-7-15(3)13-17/h6-10,13-14H,4-5,11-12H2,1-3H3,(H2,22,23,29). The van der Waals surface area contributed by atoms with Crippen molar-refractivity contribution < 1.29 is 9.59 Å². The quantitative estimate of drug-likeness (QED) is 0.644. The molecule has 0 fully saturated rings. The first-order valence-electron chi connectivity index (χ1n) is 9.75. The zero-order chi connectivity index (χ0) is 20.8. The number of aryl methyl sites for hydroxylation is 1. The van der Waals surface area contributed by atoms with Crippen molar-refractivity contribution >= 4 is 28.7 Å². The van der Waals surface area contributed by atoms with Crippen molar-refractivity contribution in [1.29, 1.82) is 0 Å². The lowest BCUT2D eigenvalue weighted by molar-refractivity contribution is 0.0773. The first-order valence-corrected chi connectivity index (χ1v) is 9.75. The molecule has 29 heavy (non-hydrogen) atoms. The number of hydrogen-bond acceptors (Lipinski definition) is 4. The van der Waals surface area contributed by atoms with Gasteiger partial charge in [0, 0.05) is 30.9 Å². The van der Waals surface area contributed by atoms with E-state index in [1.165, 1.54) is 0 Å². The van der Waals surface area contributed by atoms with Gasteiger partial charge in [-0.25, -0.2) is 9.48 Å². The van der Waals surface area contributed by atoms with Crippen LogP contribution >= 0.6 is 0 Å². The summed E-state index contributed by atoms with van der Waals surface area (Å²) in [6.45, 7) is 8.08. The van der Waals surface area contributed by atoms with Crippen molar-refractivity contribution in [1.82, 2.24) is 25.2 Å². The SMILES string of the molecule is CCN(CC)C(=O)c1ccc2c(c1)nnn2CCNC(=O)Nc1cccc(C)c1. The fourth-order valence-corrected chi connectivity index (χ4v) is 3.14. The van der Waals surface area contributed by atoms with Crippen molar-refractivity contribution in [3.8, 4) is 0 Å². The van der Waals surface area contributed by atoms with Crippen LogP contribution in [0.1, 0.15) is 29.8 Å². The van der Waals surface area contributed by atoms with Gasteiger partial charge < -0.3 is 15.5 Å². The molecule has 0 aliphatic rings. The highest BCUT2D eigenvalue weighted by Gasteiger charge is 2.14. The summed E-state index contributed by atoms with van der Waals surface area (Å²) in [5.74, 6) is -0.0130. The maximum Gasteiger partial charge on any atom is 0.319 e. The molecular formula is C21H26N6O2. The Bertz CT molecular complexity index is 1010. The molecule has 8 nitrogen and oxygen atoms in total. The van der Waals surface area contributed by atoms with Crippen LogP contribution < -0.4 is 10.6 Å². The second-order valence-corrected chi connectivity index (χ2v) is 6.74. The van der Waals surface area contributed by atoms with Gasteiger partial charge in [-0.05, 0) is 56.7 Å². The molecule has 0 aliphatic heterocycles. The van der Waals surface area contributed by atoms with E-state index in [-0.39, 0.29) is 11.9 Å². The summed E-state index contributed by atoms with van der Waals surface area (Å²) in [5.41, 5.74) is 3.91. The van der Waals surface area contributed by atoms with Gasteiger partial charge in [0.25, 0.3) is 5.91 Å². The van der Waals surface area contributed by atoms with E-state index in [2.05, 4.69) is 20.9 Å². The lowest BCUT2D eigenvalue weighted by Gasteiger charge is -2.18. The first kappa shape index (κ1) is 20.3. The highest BCUT2D eigenvalue weighted by molar-refractivity contribution is 5.97. The predicted octanol–water partition coefficient (Wildman–Crippen LogP) is 3.04. The number of carbonyl (C=O) groups is 2. The molecule has 8 heteroatoms. The molecule has 0 radical (unpaired) electrons. The van der Waals surface area contributed by atoms with Crippen molar-refractivity contribution in [2.45, 2.75) is 27.3 Å². The lowest BCUT2D eigenvalue weighted by Crippen LogP contribution is -2.31. The molecule has 0 saturated carbocycles. The number of nitrogens with one attached hydrogen (secondary N) is 2. The van der Waals surface area contributed by atoms with Crippen LogP contribution in [0.15, 0.2) is 42.5 Å². The molecule has 2 N–H and O–H groups in total. The first-order chi connectivity index (χ1) is 14.0. The van der Waals surface area contributed by atoms with Crippen LogP contribution in [0, 0.1) is 6.92 Å². The summed E-state index contributed by atoms with van der Waals surface area (Å²) >= 11 is 0. The summed E-state index contributed by atoms with van der Waals surface area (Å²) in [6, 6.07) is 12.7. The van der Waals surface area contributed by atoms with Crippen molar-refractivity contribution in [2.75, 3.05) is 25.0 Å². The zero-order valence-electron chi connectivity index (χ0n) is 17.0. The fraction of sp³-hybridized carbons (Fsp3) is 0.333. The highest BCUT2D eigenvalue weighted by Crippen LogP contribution is 2.15. The molecule has 3 rings (SSSR count). The topological polar surface area (TPSA) is 92.2 Å². The monoisotopic (exact) mass is 394 g/mol. The Morgan fingerprint density at radius 3 is 2.62 bits per heavy atom. The Morgan fingerprint density at radius 1 is 1.10 bits per heavy atom. The number of carbonyl (C=O) groups excluding carboxylic acids is 2. The Kier molecular flexibility index (Phi) is 6.43. The van der Waals surface area contributed by atoms with Crippen molar-refractivity contribution in [2.24, 2.45) is 0 Å². The van der Waals surface area contributed by atoms with Gasteiger partial charge in [-0.1, -0.05) is 17.3 Å². The molecule has 0 saturated heterocycles. The minimum absolute atomic E-state index is 0.0130. The average Bonchev–Trinajstić information content (AvgIpc) is 3.11. The van der Waals surface area contributed by atoms with E-state index in [1.54, 1.807) is 21.7 Å². The average molecular weight is 394 g/mol. The second kappa shape index (κ2) is 9.18. The second-order valence-electron chi connectivity index (χ2n) is 6.74. The van der Waals surface area contributed by atoms with Crippen LogP contribution in [0.5, 0.6) is 0 Å². The van der Waals surface area contributed by atoms with E-state index in [9.17, 15) is 9.59 Å².